The molecular weight excluding hydrogens is 209 g/mol. The zero-order valence-corrected chi connectivity index (χ0v) is 9.74. The van der Waals surface area contributed by atoms with E-state index < -0.39 is 0 Å². The Morgan fingerprint density at radius 1 is 1.38 bits per heavy atom. The van der Waals surface area contributed by atoms with Crippen LogP contribution >= 0.6 is 0 Å². The first-order chi connectivity index (χ1) is 7.50. The third-order valence-corrected chi connectivity index (χ3v) is 2.13. The summed E-state index contributed by atoms with van der Waals surface area (Å²) in [5.74, 6) is -0.469. The Hall–Kier alpha value is -1.42. The van der Waals surface area contributed by atoms with Gasteiger partial charge in [0.1, 0.15) is 12.4 Å². The minimum atomic E-state index is -0.317. The van der Waals surface area contributed by atoms with Crippen LogP contribution in [0.1, 0.15) is 13.8 Å². The van der Waals surface area contributed by atoms with E-state index in [-0.39, 0.29) is 24.4 Å². The number of benzene rings is 1. The van der Waals surface area contributed by atoms with E-state index in [0.29, 0.717) is 5.69 Å². The van der Waals surface area contributed by atoms with Gasteiger partial charge in [0.15, 0.2) is 0 Å². The topological polar surface area (TPSA) is 29.5 Å². The predicted molar refractivity (Wildman–Crippen MR) is 60.9 cm³/mol. The minimum absolute atomic E-state index is 0.0190. The summed E-state index contributed by atoms with van der Waals surface area (Å²) in [6.07, 6.45) is 0.0190. The third-order valence-electron chi connectivity index (χ3n) is 2.13. The minimum Gasteiger partial charge on any atom is -0.369 e. The number of anilines is 1. The Balaban J connectivity index is 2.59. The smallest absolute Gasteiger partial charge is 0.252 e. The second kappa shape index (κ2) is 5.61. The molecule has 3 nitrogen and oxygen atoms in total. The molecule has 0 fully saturated rings. The summed E-state index contributed by atoms with van der Waals surface area (Å²) < 4.78 is 17.9. The summed E-state index contributed by atoms with van der Waals surface area (Å²) in [4.78, 5) is 13.1. The van der Waals surface area contributed by atoms with Crippen molar-refractivity contribution >= 4 is 11.6 Å². The molecule has 1 aromatic rings. The molecule has 1 amide bonds. The van der Waals surface area contributed by atoms with Crippen molar-refractivity contribution in [1.29, 1.82) is 0 Å². The fourth-order valence-corrected chi connectivity index (χ4v) is 1.14. The van der Waals surface area contributed by atoms with Crippen LogP contribution < -0.4 is 4.90 Å². The molecule has 0 spiro atoms. The van der Waals surface area contributed by atoms with Gasteiger partial charge in [-0.1, -0.05) is 0 Å². The third kappa shape index (κ3) is 3.62. The van der Waals surface area contributed by atoms with Gasteiger partial charge in [-0.3, -0.25) is 4.79 Å². The summed E-state index contributed by atoms with van der Waals surface area (Å²) >= 11 is 0. The molecule has 0 saturated carbocycles. The molecule has 0 aliphatic carbocycles. The highest BCUT2D eigenvalue weighted by Crippen LogP contribution is 2.13. The average molecular weight is 225 g/mol. The van der Waals surface area contributed by atoms with Crippen molar-refractivity contribution in [3.8, 4) is 0 Å². The maximum absolute atomic E-state index is 12.7. The predicted octanol–water partition coefficient (Wildman–Crippen LogP) is 2.21. The monoisotopic (exact) mass is 225 g/mol. The molecule has 0 radical (unpaired) electrons. The first-order valence-electron chi connectivity index (χ1n) is 5.14. The second-order valence-corrected chi connectivity index (χ2v) is 3.79. The summed E-state index contributed by atoms with van der Waals surface area (Å²) in [6, 6.07) is 5.76. The molecular formula is C12H16FNO2. The molecule has 0 atom stereocenters. The molecule has 88 valence electrons. The molecule has 0 aliphatic heterocycles. The summed E-state index contributed by atoms with van der Waals surface area (Å²) in [6.45, 7) is 3.77. The normalized spacial score (nSPS) is 10.6. The molecule has 4 heteroatoms. The van der Waals surface area contributed by atoms with E-state index in [2.05, 4.69) is 0 Å². The number of likely N-dealkylation sites (N-methyl/N-ethyl adjacent to an activating group) is 1. The molecule has 1 aromatic carbocycles. The summed E-state index contributed by atoms with van der Waals surface area (Å²) in [5, 5.41) is 0. The second-order valence-electron chi connectivity index (χ2n) is 3.79. The van der Waals surface area contributed by atoms with Crippen LogP contribution in [0.25, 0.3) is 0 Å². The lowest BCUT2D eigenvalue weighted by atomic mass is 10.3. The lowest BCUT2D eigenvalue weighted by Crippen LogP contribution is -2.31. The van der Waals surface area contributed by atoms with Crippen LogP contribution in [-0.2, 0) is 9.53 Å². The van der Waals surface area contributed by atoms with Crippen molar-refractivity contribution in [1.82, 2.24) is 0 Å². The Morgan fingerprint density at radius 3 is 2.44 bits per heavy atom. The number of amides is 1. The molecule has 0 saturated heterocycles. The van der Waals surface area contributed by atoms with Crippen molar-refractivity contribution in [2.75, 3.05) is 18.6 Å². The van der Waals surface area contributed by atoms with Crippen LogP contribution in [0.5, 0.6) is 0 Å². The molecule has 0 bridgehead atoms. The van der Waals surface area contributed by atoms with Crippen LogP contribution in [0.3, 0.4) is 0 Å². The maximum Gasteiger partial charge on any atom is 0.252 e. The van der Waals surface area contributed by atoms with Crippen molar-refractivity contribution in [2.45, 2.75) is 20.0 Å². The van der Waals surface area contributed by atoms with Crippen molar-refractivity contribution in [3.63, 3.8) is 0 Å². The number of rotatable bonds is 4. The van der Waals surface area contributed by atoms with Gasteiger partial charge in [-0.05, 0) is 38.1 Å². The van der Waals surface area contributed by atoms with Gasteiger partial charge in [-0.25, -0.2) is 4.39 Å². The number of nitrogens with zero attached hydrogens (tertiary/aromatic N) is 1. The first kappa shape index (κ1) is 12.6. The lowest BCUT2D eigenvalue weighted by Gasteiger charge is -2.18. The SMILES string of the molecule is CC(C)OCC(=O)N(C)c1ccc(F)cc1. The van der Waals surface area contributed by atoms with Crippen molar-refractivity contribution in [3.05, 3.63) is 30.1 Å². The fourth-order valence-electron chi connectivity index (χ4n) is 1.14. The summed E-state index contributed by atoms with van der Waals surface area (Å²) in [5.41, 5.74) is 0.652. The molecule has 1 rings (SSSR count). The first-order valence-corrected chi connectivity index (χ1v) is 5.14. The maximum atomic E-state index is 12.7. The van der Waals surface area contributed by atoms with Crippen molar-refractivity contribution in [2.24, 2.45) is 0 Å². The van der Waals surface area contributed by atoms with Crippen LogP contribution in [0, 0.1) is 5.82 Å². The largest absolute Gasteiger partial charge is 0.369 e. The number of carbonyl (C=O) groups excluding carboxylic acids is 1. The zero-order chi connectivity index (χ0) is 12.1. The Kier molecular flexibility index (Phi) is 4.43. The Bertz CT molecular complexity index is 349. The van der Waals surface area contributed by atoms with Gasteiger partial charge in [0.05, 0.1) is 6.10 Å². The van der Waals surface area contributed by atoms with Gasteiger partial charge in [0, 0.05) is 12.7 Å². The highest BCUT2D eigenvalue weighted by Gasteiger charge is 2.11. The van der Waals surface area contributed by atoms with Gasteiger partial charge >= 0.3 is 0 Å². The van der Waals surface area contributed by atoms with E-state index in [4.69, 9.17) is 4.74 Å². The van der Waals surface area contributed by atoms with E-state index in [1.165, 1.54) is 17.0 Å². The van der Waals surface area contributed by atoms with Gasteiger partial charge in [0.25, 0.3) is 5.91 Å². The van der Waals surface area contributed by atoms with E-state index in [0.717, 1.165) is 0 Å². The number of halogens is 1. The quantitative estimate of drug-likeness (QED) is 0.786. The van der Waals surface area contributed by atoms with Gasteiger partial charge in [0.2, 0.25) is 0 Å². The molecule has 16 heavy (non-hydrogen) atoms. The Morgan fingerprint density at radius 2 is 1.94 bits per heavy atom. The molecule has 0 aromatic heterocycles. The van der Waals surface area contributed by atoms with Crippen LogP contribution in [0.4, 0.5) is 10.1 Å². The number of carbonyl (C=O) groups is 1. The molecule has 0 aliphatic rings. The van der Waals surface area contributed by atoms with E-state index in [1.54, 1.807) is 19.2 Å². The molecule has 0 heterocycles. The molecule has 0 unspecified atom stereocenters. The van der Waals surface area contributed by atoms with E-state index in [1.807, 2.05) is 13.8 Å². The number of hydrogen-bond donors (Lipinski definition) is 0. The van der Waals surface area contributed by atoms with E-state index in [9.17, 15) is 9.18 Å². The van der Waals surface area contributed by atoms with Gasteiger partial charge in [-0.15, -0.1) is 0 Å². The van der Waals surface area contributed by atoms with Gasteiger partial charge in [-0.2, -0.15) is 0 Å². The van der Waals surface area contributed by atoms with E-state index >= 15 is 0 Å². The van der Waals surface area contributed by atoms with Crippen LogP contribution in [-0.4, -0.2) is 25.7 Å². The standard InChI is InChI=1S/C12H16FNO2/c1-9(2)16-8-12(15)14(3)11-6-4-10(13)5-7-11/h4-7,9H,8H2,1-3H3. The zero-order valence-electron chi connectivity index (χ0n) is 9.74. The fraction of sp³-hybridized carbons (Fsp3) is 0.417. The van der Waals surface area contributed by atoms with Crippen LogP contribution in [0.15, 0.2) is 24.3 Å². The number of hydrogen-bond acceptors (Lipinski definition) is 2. The van der Waals surface area contributed by atoms with Crippen molar-refractivity contribution < 1.29 is 13.9 Å². The highest BCUT2D eigenvalue weighted by atomic mass is 19.1. The average Bonchev–Trinajstić information content (AvgIpc) is 2.26. The van der Waals surface area contributed by atoms with Gasteiger partial charge < -0.3 is 9.64 Å². The Labute approximate surface area is 94.8 Å². The van der Waals surface area contributed by atoms with Crippen LogP contribution in [0.2, 0.25) is 0 Å². The molecule has 0 N–H and O–H groups in total. The summed E-state index contributed by atoms with van der Waals surface area (Å²) in [7, 11) is 1.64. The number of ether oxygens (including phenoxy) is 1. The lowest BCUT2D eigenvalue weighted by molar-refractivity contribution is -0.124. The highest BCUT2D eigenvalue weighted by molar-refractivity contribution is 5.93.